The third kappa shape index (κ3) is 3.98. The van der Waals surface area contributed by atoms with Gasteiger partial charge in [0.2, 0.25) is 11.8 Å². The summed E-state index contributed by atoms with van der Waals surface area (Å²) >= 11 is 0. The molecule has 0 bridgehead atoms. The van der Waals surface area contributed by atoms with Crippen LogP contribution in [0.5, 0.6) is 5.88 Å². The molecule has 148 valence electrons. The molecule has 0 aliphatic heterocycles. The number of hydrogen-bond acceptors (Lipinski definition) is 5. The molecule has 1 saturated carbocycles. The predicted octanol–water partition coefficient (Wildman–Crippen LogP) is 4.54. The number of rotatable bonds is 7. The van der Waals surface area contributed by atoms with Gasteiger partial charge in [-0.3, -0.25) is 14.9 Å². The Kier molecular flexibility index (Phi) is 5.92. The number of nitrogens with one attached hydrogen (secondary N) is 1. The molecule has 7 nitrogen and oxygen atoms in total. The SMILES string of the molecule is CCCOc1ccc(NC(=O)C2(c3ccc([N+](=O)[O-])cc3)CCCC2)c(C)n1. The molecule has 1 aromatic heterocycles. The molecule has 0 spiro atoms. The Bertz CT molecular complexity index is 858. The van der Waals surface area contributed by atoms with Gasteiger partial charge in [-0.2, -0.15) is 0 Å². The second kappa shape index (κ2) is 8.37. The van der Waals surface area contributed by atoms with Gasteiger partial charge in [-0.1, -0.05) is 31.9 Å². The molecule has 0 unspecified atom stereocenters. The molecule has 1 heterocycles. The number of aryl methyl sites for hydroxylation is 1. The Morgan fingerprint density at radius 1 is 1.21 bits per heavy atom. The molecule has 1 aromatic carbocycles. The van der Waals surface area contributed by atoms with Crippen molar-refractivity contribution in [1.29, 1.82) is 0 Å². The van der Waals surface area contributed by atoms with E-state index < -0.39 is 10.3 Å². The monoisotopic (exact) mass is 383 g/mol. The highest BCUT2D eigenvalue weighted by atomic mass is 16.6. The maximum atomic E-state index is 13.3. The van der Waals surface area contributed by atoms with Crippen molar-refractivity contribution in [1.82, 2.24) is 4.98 Å². The minimum absolute atomic E-state index is 0.0278. The first-order valence-electron chi connectivity index (χ1n) is 9.63. The lowest BCUT2D eigenvalue weighted by Crippen LogP contribution is -2.38. The summed E-state index contributed by atoms with van der Waals surface area (Å²) in [6.07, 6.45) is 4.25. The quantitative estimate of drug-likeness (QED) is 0.559. The number of anilines is 1. The minimum Gasteiger partial charge on any atom is -0.478 e. The Morgan fingerprint density at radius 2 is 1.89 bits per heavy atom. The van der Waals surface area contributed by atoms with Crippen LogP contribution < -0.4 is 10.1 Å². The lowest BCUT2D eigenvalue weighted by atomic mass is 9.78. The van der Waals surface area contributed by atoms with Crippen molar-refractivity contribution in [2.45, 2.75) is 51.4 Å². The van der Waals surface area contributed by atoms with Gasteiger partial charge in [0.05, 0.1) is 28.3 Å². The number of nitro groups is 1. The average Bonchev–Trinajstić information content (AvgIpc) is 3.19. The van der Waals surface area contributed by atoms with E-state index in [-0.39, 0.29) is 11.6 Å². The molecule has 1 aliphatic carbocycles. The molecular formula is C21H25N3O4. The zero-order valence-electron chi connectivity index (χ0n) is 16.2. The van der Waals surface area contributed by atoms with Gasteiger partial charge >= 0.3 is 0 Å². The fourth-order valence-corrected chi connectivity index (χ4v) is 3.73. The molecule has 0 atom stereocenters. The predicted molar refractivity (Wildman–Crippen MR) is 107 cm³/mol. The summed E-state index contributed by atoms with van der Waals surface area (Å²) in [5, 5.41) is 13.9. The van der Waals surface area contributed by atoms with Gasteiger partial charge in [0.1, 0.15) is 0 Å². The number of ether oxygens (including phenoxy) is 1. The maximum absolute atomic E-state index is 13.3. The molecule has 28 heavy (non-hydrogen) atoms. The number of nitro benzene ring substituents is 1. The number of benzene rings is 1. The highest BCUT2D eigenvalue weighted by Gasteiger charge is 2.43. The summed E-state index contributed by atoms with van der Waals surface area (Å²) in [6.45, 7) is 4.46. The third-order valence-corrected chi connectivity index (χ3v) is 5.28. The number of carbonyl (C=O) groups is 1. The molecule has 1 fully saturated rings. The van der Waals surface area contributed by atoms with Crippen molar-refractivity contribution in [2.75, 3.05) is 11.9 Å². The van der Waals surface area contributed by atoms with E-state index in [1.54, 1.807) is 18.2 Å². The molecular weight excluding hydrogens is 358 g/mol. The maximum Gasteiger partial charge on any atom is 0.269 e. The summed E-state index contributed by atoms with van der Waals surface area (Å²) in [7, 11) is 0. The van der Waals surface area contributed by atoms with Crippen LogP contribution in [-0.2, 0) is 10.2 Å². The van der Waals surface area contributed by atoms with Crippen molar-refractivity contribution in [3.8, 4) is 5.88 Å². The number of non-ortho nitro benzene ring substituents is 1. The first kappa shape index (κ1) is 19.8. The standard InChI is InChI=1S/C21H25N3O4/c1-3-14-28-19-11-10-18(15(2)22-19)23-20(25)21(12-4-5-13-21)16-6-8-17(9-7-16)24(26)27/h6-11H,3-5,12-14H2,1-2H3,(H,23,25). The zero-order chi connectivity index (χ0) is 20.1. The van der Waals surface area contributed by atoms with Crippen LogP contribution in [-0.4, -0.2) is 22.4 Å². The summed E-state index contributed by atoms with van der Waals surface area (Å²) in [6, 6.07) is 9.91. The fraction of sp³-hybridized carbons (Fsp3) is 0.429. The van der Waals surface area contributed by atoms with Crippen molar-refractivity contribution in [3.05, 3.63) is 57.8 Å². The molecule has 1 amide bonds. The van der Waals surface area contributed by atoms with Crippen molar-refractivity contribution in [3.63, 3.8) is 0 Å². The summed E-state index contributed by atoms with van der Waals surface area (Å²) in [5.41, 5.74) is 1.53. The number of hydrogen-bond donors (Lipinski definition) is 1. The normalized spacial score (nSPS) is 15.2. The van der Waals surface area contributed by atoms with Gasteiger partial charge in [0, 0.05) is 18.2 Å². The Balaban J connectivity index is 1.83. The first-order valence-corrected chi connectivity index (χ1v) is 9.63. The number of aromatic nitrogens is 1. The zero-order valence-corrected chi connectivity index (χ0v) is 16.2. The largest absolute Gasteiger partial charge is 0.478 e. The Morgan fingerprint density at radius 3 is 2.46 bits per heavy atom. The van der Waals surface area contributed by atoms with E-state index in [9.17, 15) is 14.9 Å². The van der Waals surface area contributed by atoms with Crippen LogP contribution in [0, 0.1) is 17.0 Å². The number of amides is 1. The number of carbonyl (C=O) groups excluding carboxylic acids is 1. The van der Waals surface area contributed by atoms with Gasteiger partial charge in [0.25, 0.3) is 5.69 Å². The van der Waals surface area contributed by atoms with Crippen LogP contribution >= 0.6 is 0 Å². The van der Waals surface area contributed by atoms with Gasteiger partial charge in [-0.15, -0.1) is 0 Å². The van der Waals surface area contributed by atoms with Gasteiger partial charge < -0.3 is 10.1 Å². The van der Waals surface area contributed by atoms with E-state index in [4.69, 9.17) is 4.74 Å². The lowest BCUT2D eigenvalue weighted by molar-refractivity contribution is -0.384. The van der Waals surface area contributed by atoms with E-state index in [1.807, 2.05) is 19.9 Å². The van der Waals surface area contributed by atoms with E-state index in [1.165, 1.54) is 12.1 Å². The van der Waals surface area contributed by atoms with Crippen molar-refractivity contribution < 1.29 is 14.5 Å². The topological polar surface area (TPSA) is 94.4 Å². The smallest absolute Gasteiger partial charge is 0.269 e. The van der Waals surface area contributed by atoms with Crippen molar-refractivity contribution in [2.24, 2.45) is 0 Å². The highest BCUT2D eigenvalue weighted by Crippen LogP contribution is 2.42. The second-order valence-corrected chi connectivity index (χ2v) is 7.18. The molecule has 1 N–H and O–H groups in total. The molecule has 2 aromatic rings. The summed E-state index contributed by atoms with van der Waals surface area (Å²) < 4.78 is 5.54. The molecule has 7 heteroatoms. The van der Waals surface area contributed by atoms with E-state index >= 15 is 0 Å². The Labute approximate surface area is 164 Å². The van der Waals surface area contributed by atoms with Gasteiger partial charge in [-0.05, 0) is 37.8 Å². The van der Waals surface area contributed by atoms with E-state index in [0.717, 1.165) is 37.7 Å². The van der Waals surface area contributed by atoms with Crippen LogP contribution in [0.3, 0.4) is 0 Å². The summed E-state index contributed by atoms with van der Waals surface area (Å²) in [5.74, 6) is 0.453. The molecule has 0 radical (unpaired) electrons. The molecule has 1 aliphatic rings. The van der Waals surface area contributed by atoms with Crippen LogP contribution in [0.15, 0.2) is 36.4 Å². The number of pyridine rings is 1. The second-order valence-electron chi connectivity index (χ2n) is 7.18. The van der Waals surface area contributed by atoms with Crippen LogP contribution in [0.2, 0.25) is 0 Å². The fourth-order valence-electron chi connectivity index (χ4n) is 3.73. The lowest BCUT2D eigenvalue weighted by Gasteiger charge is -2.28. The summed E-state index contributed by atoms with van der Waals surface area (Å²) in [4.78, 5) is 28.2. The van der Waals surface area contributed by atoms with Gasteiger partial charge in [-0.25, -0.2) is 4.98 Å². The minimum atomic E-state index is -0.668. The van der Waals surface area contributed by atoms with Crippen LogP contribution in [0.1, 0.15) is 50.3 Å². The molecule has 0 saturated heterocycles. The number of nitrogens with zero attached hydrogens (tertiary/aromatic N) is 2. The highest BCUT2D eigenvalue weighted by molar-refractivity contribution is 5.99. The van der Waals surface area contributed by atoms with E-state index in [2.05, 4.69) is 10.3 Å². The first-order chi connectivity index (χ1) is 13.5. The third-order valence-electron chi connectivity index (χ3n) is 5.28. The van der Waals surface area contributed by atoms with E-state index in [0.29, 0.717) is 23.9 Å². The Hall–Kier alpha value is -2.96. The van der Waals surface area contributed by atoms with Crippen molar-refractivity contribution >= 4 is 17.3 Å². The van der Waals surface area contributed by atoms with Crippen LogP contribution in [0.25, 0.3) is 0 Å². The van der Waals surface area contributed by atoms with Crippen LogP contribution in [0.4, 0.5) is 11.4 Å². The average molecular weight is 383 g/mol. The molecule has 3 rings (SSSR count). The van der Waals surface area contributed by atoms with Gasteiger partial charge in [0.15, 0.2) is 0 Å².